The fourth-order valence-electron chi connectivity index (χ4n) is 1.80. The fraction of sp³-hybridized carbons (Fsp3) is 0.286. The monoisotopic (exact) mass is 283 g/mol. The van der Waals surface area contributed by atoms with Gasteiger partial charge in [0.1, 0.15) is 23.5 Å². The van der Waals surface area contributed by atoms with E-state index in [1.54, 1.807) is 0 Å². The summed E-state index contributed by atoms with van der Waals surface area (Å²) in [5.41, 5.74) is 6.94. The maximum Gasteiger partial charge on any atom is 0.140 e. The Hall–Kier alpha value is -1.46. The molecule has 102 valence electrons. The van der Waals surface area contributed by atoms with Crippen LogP contribution >= 0.6 is 11.3 Å². The van der Waals surface area contributed by atoms with Crippen molar-refractivity contribution in [2.45, 2.75) is 25.5 Å². The quantitative estimate of drug-likeness (QED) is 0.903. The first kappa shape index (κ1) is 14.0. The zero-order valence-corrected chi connectivity index (χ0v) is 11.3. The number of thiophene rings is 1. The van der Waals surface area contributed by atoms with Crippen LogP contribution in [0.3, 0.4) is 0 Å². The maximum atomic E-state index is 13.2. The molecule has 2 rings (SSSR count). The van der Waals surface area contributed by atoms with Crippen molar-refractivity contribution < 1.29 is 13.5 Å². The van der Waals surface area contributed by atoms with Crippen molar-refractivity contribution in [3.8, 4) is 5.75 Å². The molecule has 0 saturated heterocycles. The van der Waals surface area contributed by atoms with E-state index in [-0.39, 0.29) is 11.8 Å². The van der Waals surface area contributed by atoms with E-state index in [9.17, 15) is 8.78 Å². The number of benzene rings is 1. The van der Waals surface area contributed by atoms with Crippen LogP contribution in [0.1, 0.15) is 25.0 Å². The lowest BCUT2D eigenvalue weighted by Crippen LogP contribution is -2.31. The summed E-state index contributed by atoms with van der Waals surface area (Å²) >= 11 is 1.53. The van der Waals surface area contributed by atoms with E-state index in [4.69, 9.17) is 10.5 Å². The Morgan fingerprint density at radius 2 is 1.95 bits per heavy atom. The summed E-state index contributed by atoms with van der Waals surface area (Å²) in [5, 5.41) is 3.84. The van der Waals surface area contributed by atoms with Crippen LogP contribution in [0, 0.1) is 11.6 Å². The van der Waals surface area contributed by atoms with Crippen LogP contribution in [0.4, 0.5) is 8.78 Å². The summed E-state index contributed by atoms with van der Waals surface area (Å²) in [7, 11) is 0. The van der Waals surface area contributed by atoms with Crippen LogP contribution in [0.2, 0.25) is 0 Å². The van der Waals surface area contributed by atoms with Gasteiger partial charge in [-0.05, 0) is 23.2 Å². The highest BCUT2D eigenvalue weighted by molar-refractivity contribution is 7.07. The smallest absolute Gasteiger partial charge is 0.140 e. The zero-order chi connectivity index (χ0) is 13.8. The lowest BCUT2D eigenvalue weighted by molar-refractivity contribution is 0.170. The zero-order valence-electron chi connectivity index (χ0n) is 10.5. The van der Waals surface area contributed by atoms with Gasteiger partial charge < -0.3 is 10.5 Å². The molecule has 0 saturated carbocycles. The van der Waals surface area contributed by atoms with Crippen LogP contribution in [0.15, 0.2) is 35.0 Å². The highest BCUT2D eigenvalue weighted by Crippen LogP contribution is 2.28. The van der Waals surface area contributed by atoms with Gasteiger partial charge >= 0.3 is 0 Å². The third-order valence-corrected chi connectivity index (χ3v) is 3.53. The lowest BCUT2D eigenvalue weighted by Gasteiger charge is -2.23. The van der Waals surface area contributed by atoms with Gasteiger partial charge in [-0.3, -0.25) is 0 Å². The maximum absolute atomic E-state index is 13.2. The van der Waals surface area contributed by atoms with E-state index in [0.29, 0.717) is 6.42 Å². The molecule has 0 spiro atoms. The Balaban J connectivity index is 2.25. The SMILES string of the molecule is CCC(N)C(Oc1cc(F)cc(F)c1)c1ccsc1. The molecule has 0 amide bonds. The minimum absolute atomic E-state index is 0.151. The molecule has 2 atom stereocenters. The molecule has 0 radical (unpaired) electrons. The van der Waals surface area contributed by atoms with Gasteiger partial charge in [0, 0.05) is 29.8 Å². The second-order valence-corrected chi connectivity index (χ2v) is 5.05. The summed E-state index contributed by atoms with van der Waals surface area (Å²) in [5.74, 6) is -1.18. The summed E-state index contributed by atoms with van der Waals surface area (Å²) in [4.78, 5) is 0. The Labute approximate surface area is 114 Å². The molecule has 0 aliphatic heterocycles. The third-order valence-electron chi connectivity index (χ3n) is 2.83. The van der Waals surface area contributed by atoms with Gasteiger partial charge in [-0.15, -0.1) is 0 Å². The summed E-state index contributed by atoms with van der Waals surface area (Å²) in [6, 6.07) is 4.79. The van der Waals surface area contributed by atoms with Crippen molar-refractivity contribution in [2.75, 3.05) is 0 Å². The fourth-order valence-corrected chi connectivity index (χ4v) is 2.48. The molecule has 1 heterocycles. The minimum atomic E-state index is -0.663. The predicted octanol–water partition coefficient (Wildman–Crippen LogP) is 3.88. The lowest BCUT2D eigenvalue weighted by atomic mass is 10.0. The molecule has 2 aromatic rings. The normalized spacial score (nSPS) is 14.1. The van der Waals surface area contributed by atoms with Crippen LogP contribution in [0.25, 0.3) is 0 Å². The Morgan fingerprint density at radius 1 is 1.26 bits per heavy atom. The molecule has 2 unspecified atom stereocenters. The van der Waals surface area contributed by atoms with Gasteiger partial charge in [0.05, 0.1) is 0 Å². The molecule has 0 aliphatic rings. The molecule has 0 aliphatic carbocycles. The van der Waals surface area contributed by atoms with Gasteiger partial charge in [0.25, 0.3) is 0 Å². The van der Waals surface area contributed by atoms with Crippen LogP contribution < -0.4 is 10.5 Å². The summed E-state index contributed by atoms with van der Waals surface area (Å²) in [6.45, 7) is 1.94. The highest BCUT2D eigenvalue weighted by Gasteiger charge is 2.21. The molecule has 0 bridgehead atoms. The number of hydrogen-bond donors (Lipinski definition) is 1. The van der Waals surface area contributed by atoms with Gasteiger partial charge in [0.15, 0.2) is 0 Å². The molecule has 1 aromatic carbocycles. The number of hydrogen-bond acceptors (Lipinski definition) is 3. The standard InChI is InChI=1S/C14H15F2NOS/c1-2-13(17)14(9-3-4-19-8-9)18-12-6-10(15)5-11(16)7-12/h3-8,13-14H,2,17H2,1H3. The van der Waals surface area contributed by atoms with Crippen molar-refractivity contribution in [1.29, 1.82) is 0 Å². The first-order valence-electron chi connectivity index (χ1n) is 6.00. The second kappa shape index (κ2) is 6.12. The van der Waals surface area contributed by atoms with E-state index in [1.165, 1.54) is 11.3 Å². The van der Waals surface area contributed by atoms with Crippen LogP contribution in [0.5, 0.6) is 5.75 Å². The Kier molecular flexibility index (Phi) is 4.50. The summed E-state index contributed by atoms with van der Waals surface area (Å²) in [6.07, 6.45) is 0.302. The first-order valence-corrected chi connectivity index (χ1v) is 6.95. The first-order chi connectivity index (χ1) is 9.10. The van der Waals surface area contributed by atoms with Gasteiger partial charge in [-0.2, -0.15) is 11.3 Å². The molecule has 5 heteroatoms. The average molecular weight is 283 g/mol. The van der Waals surface area contributed by atoms with Crippen molar-refractivity contribution in [3.63, 3.8) is 0 Å². The number of halogens is 2. The topological polar surface area (TPSA) is 35.2 Å². The van der Waals surface area contributed by atoms with Gasteiger partial charge in [-0.1, -0.05) is 6.92 Å². The molecule has 2 N–H and O–H groups in total. The van der Waals surface area contributed by atoms with E-state index in [0.717, 1.165) is 23.8 Å². The molecule has 1 aromatic heterocycles. The number of ether oxygens (including phenoxy) is 1. The highest BCUT2D eigenvalue weighted by atomic mass is 32.1. The van der Waals surface area contributed by atoms with E-state index < -0.39 is 17.7 Å². The molecular formula is C14H15F2NOS. The van der Waals surface area contributed by atoms with Crippen LogP contribution in [-0.2, 0) is 0 Å². The minimum Gasteiger partial charge on any atom is -0.484 e. The van der Waals surface area contributed by atoms with Crippen molar-refractivity contribution in [2.24, 2.45) is 5.73 Å². The van der Waals surface area contributed by atoms with E-state index >= 15 is 0 Å². The van der Waals surface area contributed by atoms with Crippen molar-refractivity contribution in [3.05, 3.63) is 52.2 Å². The average Bonchev–Trinajstić information content (AvgIpc) is 2.87. The van der Waals surface area contributed by atoms with E-state index in [2.05, 4.69) is 0 Å². The Bertz CT molecular complexity index is 510. The van der Waals surface area contributed by atoms with E-state index in [1.807, 2.05) is 23.8 Å². The van der Waals surface area contributed by atoms with Crippen molar-refractivity contribution in [1.82, 2.24) is 0 Å². The molecule has 19 heavy (non-hydrogen) atoms. The molecule has 2 nitrogen and oxygen atoms in total. The second-order valence-electron chi connectivity index (χ2n) is 4.27. The number of rotatable bonds is 5. The van der Waals surface area contributed by atoms with Gasteiger partial charge in [0.2, 0.25) is 0 Å². The Morgan fingerprint density at radius 3 is 2.47 bits per heavy atom. The largest absolute Gasteiger partial charge is 0.484 e. The third kappa shape index (κ3) is 3.52. The molecule has 0 fully saturated rings. The van der Waals surface area contributed by atoms with Gasteiger partial charge in [-0.25, -0.2) is 8.78 Å². The predicted molar refractivity (Wildman–Crippen MR) is 72.3 cm³/mol. The van der Waals surface area contributed by atoms with Crippen molar-refractivity contribution >= 4 is 11.3 Å². The van der Waals surface area contributed by atoms with Crippen LogP contribution in [-0.4, -0.2) is 6.04 Å². The molecular weight excluding hydrogens is 268 g/mol. The summed E-state index contributed by atoms with van der Waals surface area (Å²) < 4.78 is 32.0. The number of nitrogens with two attached hydrogens (primary N) is 1.